The van der Waals surface area contributed by atoms with E-state index >= 15 is 0 Å². The number of rotatable bonds is 1. The molecule has 60 valence electrons. The Kier molecular flexibility index (Phi) is 3.01. The zero-order chi connectivity index (χ0) is 7.56. The molecule has 0 N–H and O–H groups in total. The van der Waals surface area contributed by atoms with Crippen molar-refractivity contribution in [2.24, 2.45) is 0 Å². The molecule has 0 spiro atoms. The van der Waals surface area contributed by atoms with Crippen LogP contribution < -0.4 is 0 Å². The smallest absolute Gasteiger partial charge is 0.0243 e. The van der Waals surface area contributed by atoms with Crippen molar-refractivity contribution in [3.63, 3.8) is 0 Å². The molecule has 0 aromatic rings. The van der Waals surface area contributed by atoms with Gasteiger partial charge in [0.2, 0.25) is 0 Å². The molecule has 0 radical (unpaired) electrons. The van der Waals surface area contributed by atoms with Crippen LogP contribution in [0.3, 0.4) is 0 Å². The van der Waals surface area contributed by atoms with Gasteiger partial charge in [0.1, 0.15) is 0 Å². The molecule has 10 heavy (non-hydrogen) atoms. The number of nitrogens with zero attached hydrogens (tertiary/aromatic N) is 2. The van der Waals surface area contributed by atoms with Gasteiger partial charge in [-0.15, -0.1) is 0 Å². The van der Waals surface area contributed by atoms with Gasteiger partial charge in [-0.25, -0.2) is 4.31 Å². The lowest BCUT2D eigenvalue weighted by atomic mass is 10.2. The predicted molar refractivity (Wildman–Crippen MR) is 47.2 cm³/mol. The molecule has 1 aliphatic heterocycles. The van der Waals surface area contributed by atoms with Gasteiger partial charge in [-0.3, -0.25) is 0 Å². The van der Waals surface area contributed by atoms with E-state index in [1.807, 2.05) is 11.9 Å². The molecule has 1 aliphatic rings. The summed E-state index contributed by atoms with van der Waals surface area (Å²) < 4.78 is 2.42. The Hall–Kier alpha value is 0.270. The van der Waals surface area contributed by atoms with Crippen LogP contribution in [0.4, 0.5) is 0 Å². The van der Waals surface area contributed by atoms with E-state index in [0.717, 1.165) is 6.04 Å². The van der Waals surface area contributed by atoms with Crippen LogP contribution in [-0.4, -0.2) is 48.2 Å². The van der Waals surface area contributed by atoms with Crippen LogP contribution >= 0.6 is 11.9 Å². The summed E-state index contributed by atoms with van der Waals surface area (Å²) in [5.41, 5.74) is 0. The average molecular weight is 160 g/mol. The maximum Gasteiger partial charge on any atom is 0.0243 e. The molecule has 0 saturated carbocycles. The van der Waals surface area contributed by atoms with Gasteiger partial charge < -0.3 is 4.90 Å². The van der Waals surface area contributed by atoms with Crippen molar-refractivity contribution in [2.45, 2.75) is 13.0 Å². The summed E-state index contributed by atoms with van der Waals surface area (Å²) >= 11 is 1.86. The average Bonchev–Trinajstić information content (AvgIpc) is 1.95. The molecule has 0 aromatic carbocycles. The number of hydrogen-bond donors (Lipinski definition) is 0. The van der Waals surface area contributed by atoms with Gasteiger partial charge >= 0.3 is 0 Å². The van der Waals surface area contributed by atoms with Gasteiger partial charge in [-0.05, 0) is 20.2 Å². The van der Waals surface area contributed by atoms with E-state index in [9.17, 15) is 0 Å². The highest BCUT2D eigenvalue weighted by Crippen LogP contribution is 2.12. The summed E-state index contributed by atoms with van der Waals surface area (Å²) in [6.07, 6.45) is 2.15. The van der Waals surface area contributed by atoms with Crippen molar-refractivity contribution in [1.82, 2.24) is 9.21 Å². The number of piperazine rings is 1. The van der Waals surface area contributed by atoms with Crippen molar-refractivity contribution in [1.29, 1.82) is 0 Å². The van der Waals surface area contributed by atoms with E-state index in [1.165, 1.54) is 19.6 Å². The first-order chi connectivity index (χ1) is 4.74. The highest BCUT2D eigenvalue weighted by Gasteiger charge is 2.19. The topological polar surface area (TPSA) is 6.48 Å². The Balaban J connectivity index is 2.33. The Bertz CT molecular complexity index is 108. The Morgan fingerprint density at radius 1 is 1.40 bits per heavy atom. The van der Waals surface area contributed by atoms with Crippen LogP contribution in [0.2, 0.25) is 0 Å². The zero-order valence-electron chi connectivity index (χ0n) is 7.00. The third-order valence-electron chi connectivity index (χ3n) is 2.18. The standard InChI is InChI=1S/C7H16N2S/c1-7-6-9(10-3)5-4-8(7)2/h7H,4-6H2,1-3H3. The van der Waals surface area contributed by atoms with Crippen molar-refractivity contribution >= 4 is 11.9 Å². The van der Waals surface area contributed by atoms with Crippen LogP contribution in [0.5, 0.6) is 0 Å². The second-order valence-electron chi connectivity index (χ2n) is 2.90. The minimum atomic E-state index is 0.723. The van der Waals surface area contributed by atoms with Gasteiger partial charge in [0.05, 0.1) is 0 Å². The number of likely N-dealkylation sites (N-methyl/N-ethyl adjacent to an activating group) is 1. The fraction of sp³-hybridized carbons (Fsp3) is 1.00. The molecule has 1 saturated heterocycles. The fourth-order valence-corrected chi connectivity index (χ4v) is 1.81. The fourth-order valence-electron chi connectivity index (χ4n) is 1.18. The summed E-state index contributed by atoms with van der Waals surface area (Å²) in [6.45, 7) is 5.91. The molecule has 0 aromatic heterocycles. The molecule has 1 fully saturated rings. The molecular weight excluding hydrogens is 144 g/mol. The molecule has 1 heterocycles. The molecule has 0 bridgehead atoms. The van der Waals surface area contributed by atoms with E-state index in [0.29, 0.717) is 0 Å². The van der Waals surface area contributed by atoms with E-state index in [1.54, 1.807) is 0 Å². The van der Waals surface area contributed by atoms with Crippen LogP contribution in [-0.2, 0) is 0 Å². The minimum Gasteiger partial charge on any atom is -0.301 e. The lowest BCUT2D eigenvalue weighted by Gasteiger charge is -2.36. The highest BCUT2D eigenvalue weighted by molar-refractivity contribution is 7.96. The van der Waals surface area contributed by atoms with E-state index in [-0.39, 0.29) is 0 Å². The van der Waals surface area contributed by atoms with Crippen LogP contribution in [0.1, 0.15) is 6.92 Å². The lowest BCUT2D eigenvalue weighted by Crippen LogP contribution is -2.47. The van der Waals surface area contributed by atoms with Gasteiger partial charge in [0.25, 0.3) is 0 Å². The van der Waals surface area contributed by atoms with Crippen molar-refractivity contribution in [2.75, 3.05) is 32.9 Å². The highest BCUT2D eigenvalue weighted by atomic mass is 32.2. The van der Waals surface area contributed by atoms with Crippen LogP contribution in [0, 0.1) is 0 Å². The van der Waals surface area contributed by atoms with E-state index < -0.39 is 0 Å². The first kappa shape index (κ1) is 8.37. The van der Waals surface area contributed by atoms with Crippen LogP contribution in [0.25, 0.3) is 0 Å². The molecule has 0 amide bonds. The molecular formula is C7H16N2S. The summed E-state index contributed by atoms with van der Waals surface area (Å²) in [4.78, 5) is 2.41. The van der Waals surface area contributed by atoms with Gasteiger partial charge in [-0.2, -0.15) is 0 Å². The first-order valence-electron chi connectivity index (χ1n) is 3.73. The van der Waals surface area contributed by atoms with Crippen molar-refractivity contribution in [3.8, 4) is 0 Å². The van der Waals surface area contributed by atoms with Crippen LogP contribution in [0.15, 0.2) is 0 Å². The second kappa shape index (κ2) is 3.60. The summed E-state index contributed by atoms with van der Waals surface area (Å²) in [5.74, 6) is 0. The van der Waals surface area contributed by atoms with Gasteiger partial charge in [0, 0.05) is 25.7 Å². The van der Waals surface area contributed by atoms with Gasteiger partial charge in [-0.1, -0.05) is 11.9 Å². The predicted octanol–water partition coefficient (Wildman–Crippen LogP) is 0.900. The maximum absolute atomic E-state index is 2.42. The summed E-state index contributed by atoms with van der Waals surface area (Å²) in [5, 5.41) is 0. The summed E-state index contributed by atoms with van der Waals surface area (Å²) in [7, 11) is 2.20. The quantitative estimate of drug-likeness (QED) is 0.526. The van der Waals surface area contributed by atoms with E-state index in [2.05, 4.69) is 29.4 Å². The van der Waals surface area contributed by atoms with Gasteiger partial charge in [0.15, 0.2) is 0 Å². The molecule has 1 rings (SSSR count). The zero-order valence-corrected chi connectivity index (χ0v) is 7.82. The van der Waals surface area contributed by atoms with Crippen molar-refractivity contribution < 1.29 is 0 Å². The Labute approximate surface area is 67.7 Å². The third kappa shape index (κ3) is 1.87. The summed E-state index contributed by atoms with van der Waals surface area (Å²) in [6, 6.07) is 0.723. The molecule has 1 unspecified atom stereocenters. The van der Waals surface area contributed by atoms with E-state index in [4.69, 9.17) is 0 Å². The second-order valence-corrected chi connectivity index (χ2v) is 3.78. The molecule has 1 atom stereocenters. The Morgan fingerprint density at radius 2 is 2.10 bits per heavy atom. The third-order valence-corrected chi connectivity index (χ3v) is 3.03. The normalized spacial score (nSPS) is 30.9. The number of hydrogen-bond acceptors (Lipinski definition) is 3. The minimum absolute atomic E-state index is 0.723. The monoisotopic (exact) mass is 160 g/mol. The Morgan fingerprint density at radius 3 is 2.60 bits per heavy atom. The molecule has 3 heteroatoms. The molecule has 0 aliphatic carbocycles. The SMILES string of the molecule is CSN1CCN(C)C(C)C1. The first-order valence-corrected chi connectivity index (χ1v) is 4.91. The molecule has 2 nitrogen and oxygen atoms in total. The largest absolute Gasteiger partial charge is 0.301 e. The maximum atomic E-state index is 2.42. The lowest BCUT2D eigenvalue weighted by molar-refractivity contribution is 0.167. The van der Waals surface area contributed by atoms with Crippen molar-refractivity contribution in [3.05, 3.63) is 0 Å².